The number of rotatable bonds is 7. The summed E-state index contributed by atoms with van der Waals surface area (Å²) < 4.78 is 0. The molecule has 1 atom stereocenters. The van der Waals surface area contributed by atoms with E-state index in [4.69, 9.17) is 0 Å². The lowest BCUT2D eigenvalue weighted by Crippen LogP contribution is -2.45. The fourth-order valence-electron chi connectivity index (χ4n) is 2.26. The number of likely N-dealkylation sites (N-methyl/N-ethyl adjacent to an activating group) is 1. The average Bonchev–Trinajstić information content (AvgIpc) is 3.24. The second-order valence-corrected chi connectivity index (χ2v) is 7.06. The minimum atomic E-state index is 0.526. The highest BCUT2D eigenvalue weighted by Crippen LogP contribution is 2.26. The van der Waals surface area contributed by atoms with E-state index in [-0.39, 0.29) is 0 Å². The Labute approximate surface area is 131 Å². The minimum absolute atomic E-state index is 0.526. The van der Waals surface area contributed by atoms with Crippen LogP contribution in [0.5, 0.6) is 0 Å². The lowest BCUT2D eigenvalue weighted by atomic mass is 10.3. The Balaban J connectivity index is 1.65. The fourth-order valence-corrected chi connectivity index (χ4v) is 3.04. The van der Waals surface area contributed by atoms with E-state index in [2.05, 4.69) is 46.4 Å². The van der Waals surface area contributed by atoms with Gasteiger partial charge in [0.05, 0.1) is 5.01 Å². The van der Waals surface area contributed by atoms with Crippen LogP contribution in [0.1, 0.15) is 29.7 Å². The largest absolute Gasteiger partial charge is 0.356 e. The van der Waals surface area contributed by atoms with Gasteiger partial charge in [0.1, 0.15) is 0 Å². The fraction of sp³-hybridized carbons (Fsp3) is 0.733. The highest BCUT2D eigenvalue weighted by molar-refractivity contribution is 7.11. The molecule has 0 aliphatic heterocycles. The van der Waals surface area contributed by atoms with Gasteiger partial charge in [0.2, 0.25) is 0 Å². The Morgan fingerprint density at radius 3 is 2.86 bits per heavy atom. The highest BCUT2D eigenvalue weighted by atomic mass is 32.1. The summed E-state index contributed by atoms with van der Waals surface area (Å²) in [6.07, 6.45) is 5.57. The first-order chi connectivity index (χ1) is 10.1. The third-order valence-electron chi connectivity index (χ3n) is 3.91. The lowest BCUT2D eigenvalue weighted by Gasteiger charge is -2.25. The number of guanidine groups is 1. The molecule has 0 bridgehead atoms. The summed E-state index contributed by atoms with van der Waals surface area (Å²) in [5.41, 5.74) is 0. The Bertz CT molecular complexity index is 466. The first-order valence-electron chi connectivity index (χ1n) is 7.68. The lowest BCUT2D eigenvalue weighted by molar-refractivity contribution is 0.247. The maximum atomic E-state index is 4.37. The van der Waals surface area contributed by atoms with Crippen LogP contribution in [0.2, 0.25) is 0 Å². The molecule has 0 radical (unpaired) electrons. The number of nitrogens with one attached hydrogen (secondary N) is 2. The van der Waals surface area contributed by atoms with Crippen LogP contribution in [0, 0.1) is 6.92 Å². The van der Waals surface area contributed by atoms with E-state index in [0.29, 0.717) is 6.04 Å². The van der Waals surface area contributed by atoms with Crippen molar-refractivity contribution in [1.82, 2.24) is 20.5 Å². The monoisotopic (exact) mass is 309 g/mol. The van der Waals surface area contributed by atoms with Gasteiger partial charge < -0.3 is 10.6 Å². The van der Waals surface area contributed by atoms with Crippen molar-refractivity contribution in [3.63, 3.8) is 0 Å². The Hall–Kier alpha value is -1.14. The van der Waals surface area contributed by atoms with Crippen LogP contribution >= 0.6 is 11.3 Å². The summed E-state index contributed by atoms with van der Waals surface area (Å²) in [6.45, 7) is 6.13. The predicted octanol–water partition coefficient (Wildman–Crippen LogP) is 1.64. The zero-order valence-electron chi connectivity index (χ0n) is 13.5. The summed E-state index contributed by atoms with van der Waals surface area (Å²) in [5.74, 6) is 0.874. The van der Waals surface area contributed by atoms with E-state index in [1.165, 1.54) is 22.7 Å². The number of aliphatic imine (C=N–C) groups is 1. The van der Waals surface area contributed by atoms with Gasteiger partial charge in [-0.1, -0.05) is 0 Å². The number of hydrogen-bond acceptors (Lipinski definition) is 4. The molecule has 5 nitrogen and oxygen atoms in total. The highest BCUT2D eigenvalue weighted by Gasteiger charge is 2.28. The van der Waals surface area contributed by atoms with Gasteiger partial charge in [-0.15, -0.1) is 11.3 Å². The molecule has 0 amide bonds. The molecule has 0 aromatic carbocycles. The molecule has 1 aromatic rings. The number of thiazole rings is 1. The van der Waals surface area contributed by atoms with Gasteiger partial charge in [-0.2, -0.15) is 0 Å². The van der Waals surface area contributed by atoms with Gasteiger partial charge >= 0.3 is 0 Å². The van der Waals surface area contributed by atoms with Crippen molar-refractivity contribution < 1.29 is 0 Å². The van der Waals surface area contributed by atoms with Crippen LogP contribution in [0.3, 0.4) is 0 Å². The van der Waals surface area contributed by atoms with Crippen molar-refractivity contribution in [3.8, 4) is 0 Å². The van der Waals surface area contributed by atoms with Crippen molar-refractivity contribution in [2.24, 2.45) is 4.99 Å². The molecule has 118 valence electrons. The molecule has 0 saturated heterocycles. The SMILES string of the molecule is CN=C(NCCc1ncc(C)s1)NCC(C)N(C)C1CC1. The normalized spacial score (nSPS) is 17.1. The standard InChI is InChI=1S/C15H27N5S/c1-11(20(4)13-5-6-13)9-19-15(16-3)17-8-7-14-18-10-12(2)21-14/h10-11,13H,5-9H2,1-4H3,(H2,16,17,19). The molecule has 1 aliphatic rings. The molecule has 1 saturated carbocycles. The van der Waals surface area contributed by atoms with E-state index in [1.54, 1.807) is 11.3 Å². The zero-order valence-corrected chi connectivity index (χ0v) is 14.3. The Kier molecular flexibility index (Phi) is 5.99. The molecule has 1 aromatic heterocycles. The number of hydrogen-bond donors (Lipinski definition) is 2. The van der Waals surface area contributed by atoms with Crippen LogP contribution in [0.4, 0.5) is 0 Å². The molecule has 21 heavy (non-hydrogen) atoms. The molecular weight excluding hydrogens is 282 g/mol. The summed E-state index contributed by atoms with van der Waals surface area (Å²) in [7, 11) is 4.03. The van der Waals surface area contributed by atoms with Crippen LogP contribution in [-0.2, 0) is 6.42 Å². The van der Waals surface area contributed by atoms with Crippen molar-refractivity contribution in [3.05, 3.63) is 16.1 Å². The number of aromatic nitrogens is 1. The topological polar surface area (TPSA) is 52.6 Å². The van der Waals surface area contributed by atoms with Crippen LogP contribution in [0.15, 0.2) is 11.2 Å². The van der Waals surface area contributed by atoms with Crippen LogP contribution in [0.25, 0.3) is 0 Å². The van der Waals surface area contributed by atoms with Gasteiger partial charge in [0.15, 0.2) is 5.96 Å². The third-order valence-corrected chi connectivity index (χ3v) is 4.88. The van der Waals surface area contributed by atoms with E-state index in [0.717, 1.165) is 31.5 Å². The Morgan fingerprint density at radius 2 is 2.29 bits per heavy atom. The van der Waals surface area contributed by atoms with Gasteiger partial charge in [0, 0.05) is 49.7 Å². The van der Waals surface area contributed by atoms with Crippen molar-refractivity contribution >= 4 is 17.3 Å². The van der Waals surface area contributed by atoms with E-state index < -0.39 is 0 Å². The number of aryl methyl sites for hydroxylation is 1. The average molecular weight is 309 g/mol. The smallest absolute Gasteiger partial charge is 0.191 e. The molecule has 0 spiro atoms. The van der Waals surface area contributed by atoms with Gasteiger partial charge in [-0.3, -0.25) is 9.89 Å². The van der Waals surface area contributed by atoms with E-state index in [1.807, 2.05) is 13.2 Å². The summed E-state index contributed by atoms with van der Waals surface area (Å²) in [4.78, 5) is 12.4. The molecule has 1 heterocycles. The maximum absolute atomic E-state index is 4.37. The molecular formula is C15H27N5S. The molecule has 1 unspecified atom stereocenters. The van der Waals surface area contributed by atoms with Crippen molar-refractivity contribution in [1.29, 1.82) is 0 Å². The zero-order chi connectivity index (χ0) is 15.2. The van der Waals surface area contributed by atoms with Gasteiger partial charge in [0.25, 0.3) is 0 Å². The third kappa shape index (κ3) is 5.28. The van der Waals surface area contributed by atoms with Crippen molar-refractivity contribution in [2.75, 3.05) is 27.2 Å². The Morgan fingerprint density at radius 1 is 1.52 bits per heavy atom. The summed E-state index contributed by atoms with van der Waals surface area (Å²) >= 11 is 1.76. The molecule has 1 aliphatic carbocycles. The van der Waals surface area contributed by atoms with Crippen LogP contribution < -0.4 is 10.6 Å². The summed E-state index contributed by atoms with van der Waals surface area (Å²) in [5, 5.41) is 7.94. The van der Waals surface area contributed by atoms with Gasteiger partial charge in [-0.05, 0) is 33.7 Å². The summed E-state index contributed by atoms with van der Waals surface area (Å²) in [6, 6.07) is 1.32. The second kappa shape index (κ2) is 7.75. The van der Waals surface area contributed by atoms with E-state index in [9.17, 15) is 0 Å². The van der Waals surface area contributed by atoms with Crippen molar-refractivity contribution in [2.45, 2.75) is 45.2 Å². The molecule has 2 rings (SSSR count). The van der Waals surface area contributed by atoms with Gasteiger partial charge in [-0.25, -0.2) is 4.98 Å². The quantitative estimate of drug-likeness (QED) is 0.594. The first-order valence-corrected chi connectivity index (χ1v) is 8.49. The molecule has 6 heteroatoms. The van der Waals surface area contributed by atoms with E-state index >= 15 is 0 Å². The maximum Gasteiger partial charge on any atom is 0.191 e. The molecule has 1 fully saturated rings. The minimum Gasteiger partial charge on any atom is -0.356 e. The number of nitrogens with zero attached hydrogens (tertiary/aromatic N) is 3. The second-order valence-electron chi connectivity index (χ2n) is 5.74. The predicted molar refractivity (Wildman–Crippen MR) is 90.2 cm³/mol. The first kappa shape index (κ1) is 16.2. The molecule has 2 N–H and O–H groups in total. The van der Waals surface area contributed by atoms with Crippen LogP contribution in [-0.4, -0.2) is 55.1 Å².